The molecule has 0 spiro atoms. The van der Waals surface area contributed by atoms with Crippen LogP contribution < -0.4 is 11.1 Å². The molecule has 0 aliphatic rings. The van der Waals surface area contributed by atoms with Crippen LogP contribution in [0.4, 0.5) is 0 Å². The van der Waals surface area contributed by atoms with Crippen molar-refractivity contribution in [3.63, 3.8) is 0 Å². The van der Waals surface area contributed by atoms with Crippen molar-refractivity contribution in [3.8, 4) is 0 Å². The van der Waals surface area contributed by atoms with Crippen molar-refractivity contribution in [2.24, 2.45) is 11.1 Å². The molecule has 1 rings (SSSR count). The molecule has 4 heteroatoms. The maximum atomic E-state index is 11.1. The van der Waals surface area contributed by atoms with Crippen LogP contribution >= 0.6 is 11.6 Å². The van der Waals surface area contributed by atoms with Gasteiger partial charge in [0.05, 0.1) is 6.54 Å². The number of carbonyl (C=O) groups is 1. The van der Waals surface area contributed by atoms with Crippen LogP contribution in [0.25, 0.3) is 0 Å². The largest absolute Gasteiger partial charge is 0.354 e. The number of halogens is 1. The topological polar surface area (TPSA) is 55.1 Å². The molecule has 0 heterocycles. The van der Waals surface area contributed by atoms with Crippen molar-refractivity contribution < 1.29 is 4.79 Å². The average molecular weight is 255 g/mol. The summed E-state index contributed by atoms with van der Waals surface area (Å²) in [6, 6.07) is 7.78. The Morgan fingerprint density at radius 2 is 2.18 bits per heavy atom. The van der Waals surface area contributed by atoms with E-state index in [1.165, 1.54) is 5.56 Å². The lowest BCUT2D eigenvalue weighted by Crippen LogP contribution is -2.38. The number of hydrogen-bond donors (Lipinski definition) is 2. The molecule has 0 fully saturated rings. The summed E-state index contributed by atoms with van der Waals surface area (Å²) in [5.41, 5.74) is 6.40. The number of hydrogen-bond acceptors (Lipinski definition) is 2. The lowest BCUT2D eigenvalue weighted by atomic mass is 9.85. The minimum absolute atomic E-state index is 0.0183. The molecule has 1 aromatic carbocycles. The molecule has 1 aromatic rings. The van der Waals surface area contributed by atoms with E-state index in [9.17, 15) is 4.79 Å². The normalized spacial score (nSPS) is 11.3. The van der Waals surface area contributed by atoms with Crippen LogP contribution in [0.1, 0.15) is 19.4 Å². The van der Waals surface area contributed by atoms with Crippen molar-refractivity contribution in [1.29, 1.82) is 0 Å². The summed E-state index contributed by atoms with van der Waals surface area (Å²) in [4.78, 5) is 11.1. The zero-order valence-electron chi connectivity index (χ0n) is 10.3. The van der Waals surface area contributed by atoms with Crippen molar-refractivity contribution in [2.45, 2.75) is 20.3 Å². The van der Waals surface area contributed by atoms with Gasteiger partial charge in [0.2, 0.25) is 5.91 Å². The van der Waals surface area contributed by atoms with Crippen LogP contribution in [0.5, 0.6) is 0 Å². The number of carbonyl (C=O) groups excluding carboxylic acids is 1. The van der Waals surface area contributed by atoms with Gasteiger partial charge in [0.1, 0.15) is 0 Å². The Morgan fingerprint density at radius 1 is 1.47 bits per heavy atom. The molecule has 17 heavy (non-hydrogen) atoms. The van der Waals surface area contributed by atoms with E-state index in [1.54, 1.807) is 0 Å². The fourth-order valence-electron chi connectivity index (χ4n) is 1.67. The van der Waals surface area contributed by atoms with Crippen molar-refractivity contribution >= 4 is 17.5 Å². The number of amides is 1. The molecule has 0 aromatic heterocycles. The predicted octanol–water partition coefficient (Wildman–Crippen LogP) is 1.98. The van der Waals surface area contributed by atoms with E-state index < -0.39 is 0 Å². The Morgan fingerprint density at radius 3 is 2.76 bits per heavy atom. The Bertz CT molecular complexity index is 391. The molecule has 3 N–H and O–H groups in total. The van der Waals surface area contributed by atoms with Gasteiger partial charge in [-0.25, -0.2) is 0 Å². The molecule has 0 atom stereocenters. The van der Waals surface area contributed by atoms with Crippen LogP contribution in [-0.4, -0.2) is 19.0 Å². The molecule has 1 amide bonds. The minimum atomic E-state index is -0.121. The maximum Gasteiger partial charge on any atom is 0.233 e. The van der Waals surface area contributed by atoms with Gasteiger partial charge < -0.3 is 11.1 Å². The maximum absolute atomic E-state index is 11.1. The summed E-state index contributed by atoms with van der Waals surface area (Å²) in [6.45, 7) is 4.85. The quantitative estimate of drug-likeness (QED) is 0.844. The number of rotatable bonds is 5. The predicted molar refractivity (Wildman–Crippen MR) is 71.0 cm³/mol. The number of nitrogens with two attached hydrogens (primary N) is 1. The van der Waals surface area contributed by atoms with Crippen molar-refractivity contribution in [2.75, 3.05) is 13.1 Å². The highest BCUT2D eigenvalue weighted by atomic mass is 35.5. The number of nitrogens with one attached hydrogen (secondary N) is 1. The van der Waals surface area contributed by atoms with Gasteiger partial charge in [-0.05, 0) is 29.5 Å². The summed E-state index contributed by atoms with van der Waals surface area (Å²) in [5.74, 6) is -0.121. The van der Waals surface area contributed by atoms with Crippen LogP contribution in [0.2, 0.25) is 5.02 Å². The van der Waals surface area contributed by atoms with E-state index in [-0.39, 0.29) is 17.9 Å². The molecule has 0 unspecified atom stereocenters. The van der Waals surface area contributed by atoms with Gasteiger partial charge >= 0.3 is 0 Å². The molecule has 0 aliphatic carbocycles. The van der Waals surface area contributed by atoms with E-state index in [4.69, 9.17) is 17.3 Å². The number of benzene rings is 1. The van der Waals surface area contributed by atoms with Crippen molar-refractivity contribution in [1.82, 2.24) is 5.32 Å². The molecule has 0 saturated carbocycles. The van der Waals surface area contributed by atoms with Gasteiger partial charge in [0, 0.05) is 11.6 Å². The first-order chi connectivity index (χ1) is 7.93. The molecule has 0 aliphatic heterocycles. The van der Waals surface area contributed by atoms with Gasteiger partial charge in [-0.3, -0.25) is 4.79 Å². The first-order valence-electron chi connectivity index (χ1n) is 5.64. The zero-order chi connectivity index (χ0) is 12.9. The van der Waals surface area contributed by atoms with Gasteiger partial charge in [-0.1, -0.05) is 37.6 Å². The summed E-state index contributed by atoms with van der Waals surface area (Å²) in [6.07, 6.45) is 0.860. The Hall–Kier alpha value is -1.06. The second-order valence-corrected chi connectivity index (χ2v) is 5.39. The Kier molecular flexibility index (Phi) is 4.97. The third-order valence-corrected chi connectivity index (χ3v) is 2.76. The van der Waals surface area contributed by atoms with Crippen molar-refractivity contribution in [3.05, 3.63) is 34.9 Å². The fourth-order valence-corrected chi connectivity index (χ4v) is 1.88. The standard InChI is InChI=1S/C13H19ClN2O/c1-13(2,9-16-12(17)8-15)7-10-4-3-5-11(14)6-10/h3-6H,7-9,15H2,1-2H3,(H,16,17). The molecular formula is C13H19ClN2O. The SMILES string of the molecule is CC(C)(CNC(=O)CN)Cc1cccc(Cl)c1. The molecular weight excluding hydrogens is 236 g/mol. The van der Waals surface area contributed by atoms with Crippen LogP contribution in [-0.2, 0) is 11.2 Å². The van der Waals surface area contributed by atoms with Gasteiger partial charge in [-0.2, -0.15) is 0 Å². The van der Waals surface area contributed by atoms with E-state index in [1.807, 2.05) is 24.3 Å². The fraction of sp³-hybridized carbons (Fsp3) is 0.462. The average Bonchev–Trinajstić information content (AvgIpc) is 2.25. The molecule has 0 saturated heterocycles. The lowest BCUT2D eigenvalue weighted by Gasteiger charge is -2.25. The summed E-state index contributed by atoms with van der Waals surface area (Å²) in [5, 5.41) is 3.55. The Balaban J connectivity index is 2.56. The van der Waals surface area contributed by atoms with Gasteiger partial charge in [0.25, 0.3) is 0 Å². The van der Waals surface area contributed by atoms with E-state index in [2.05, 4.69) is 19.2 Å². The summed E-state index contributed by atoms with van der Waals surface area (Å²) < 4.78 is 0. The highest BCUT2D eigenvalue weighted by Gasteiger charge is 2.19. The second-order valence-electron chi connectivity index (χ2n) is 4.95. The van der Waals surface area contributed by atoms with E-state index in [0.29, 0.717) is 6.54 Å². The van der Waals surface area contributed by atoms with Crippen LogP contribution in [0, 0.1) is 5.41 Å². The monoisotopic (exact) mass is 254 g/mol. The van der Waals surface area contributed by atoms with Crippen LogP contribution in [0.3, 0.4) is 0 Å². The van der Waals surface area contributed by atoms with Gasteiger partial charge in [0.15, 0.2) is 0 Å². The highest BCUT2D eigenvalue weighted by Crippen LogP contribution is 2.22. The Labute approximate surface area is 107 Å². The third-order valence-electron chi connectivity index (χ3n) is 2.52. The van der Waals surface area contributed by atoms with E-state index in [0.717, 1.165) is 11.4 Å². The summed E-state index contributed by atoms with van der Waals surface area (Å²) in [7, 11) is 0. The molecule has 94 valence electrons. The minimum Gasteiger partial charge on any atom is -0.354 e. The lowest BCUT2D eigenvalue weighted by molar-refractivity contribution is -0.120. The third kappa shape index (κ3) is 5.20. The van der Waals surface area contributed by atoms with Crippen LogP contribution in [0.15, 0.2) is 24.3 Å². The molecule has 0 radical (unpaired) electrons. The van der Waals surface area contributed by atoms with Gasteiger partial charge in [-0.15, -0.1) is 0 Å². The molecule has 0 bridgehead atoms. The summed E-state index contributed by atoms with van der Waals surface area (Å²) >= 11 is 5.94. The van der Waals surface area contributed by atoms with E-state index >= 15 is 0 Å². The zero-order valence-corrected chi connectivity index (χ0v) is 11.1. The highest BCUT2D eigenvalue weighted by molar-refractivity contribution is 6.30. The smallest absolute Gasteiger partial charge is 0.233 e. The second kappa shape index (κ2) is 6.03. The first-order valence-corrected chi connectivity index (χ1v) is 6.02. The first kappa shape index (κ1) is 14.0. The molecule has 3 nitrogen and oxygen atoms in total.